The fourth-order valence-electron chi connectivity index (χ4n) is 1.99. The summed E-state index contributed by atoms with van der Waals surface area (Å²) in [5.41, 5.74) is 0. The molecule has 82 valence electrons. The molecule has 0 bridgehead atoms. The standard InChI is InChI=1S/C11H20O3/c1-2-3-4-5-6-10-9(11(12)13)7-8-14-10/h9-10H,2-8H2,1H3,(H,12,13). The van der Waals surface area contributed by atoms with Crippen LogP contribution in [0, 0.1) is 5.92 Å². The van der Waals surface area contributed by atoms with Gasteiger partial charge in [-0.1, -0.05) is 32.6 Å². The number of carboxylic acids is 1. The molecule has 1 rings (SSSR count). The van der Waals surface area contributed by atoms with E-state index in [2.05, 4.69) is 6.92 Å². The molecule has 1 N–H and O–H groups in total. The average molecular weight is 200 g/mol. The molecule has 0 amide bonds. The first-order chi connectivity index (χ1) is 6.75. The Morgan fingerprint density at radius 1 is 1.43 bits per heavy atom. The summed E-state index contributed by atoms with van der Waals surface area (Å²) in [7, 11) is 0. The van der Waals surface area contributed by atoms with Crippen molar-refractivity contribution in [3.63, 3.8) is 0 Å². The number of hydrogen-bond donors (Lipinski definition) is 1. The number of carboxylic acid groups (broad SMARTS) is 1. The van der Waals surface area contributed by atoms with Crippen LogP contribution in [0.4, 0.5) is 0 Å². The van der Waals surface area contributed by atoms with E-state index < -0.39 is 5.97 Å². The Bertz CT molecular complexity index is 179. The van der Waals surface area contributed by atoms with Crippen molar-refractivity contribution in [2.24, 2.45) is 5.92 Å². The fourth-order valence-corrected chi connectivity index (χ4v) is 1.99. The minimum absolute atomic E-state index is 0.0237. The van der Waals surface area contributed by atoms with E-state index in [0.717, 1.165) is 12.8 Å². The molecule has 0 aromatic carbocycles. The maximum absolute atomic E-state index is 10.8. The largest absolute Gasteiger partial charge is 0.481 e. The van der Waals surface area contributed by atoms with Gasteiger partial charge in [-0.2, -0.15) is 0 Å². The van der Waals surface area contributed by atoms with Gasteiger partial charge in [0, 0.05) is 6.61 Å². The molecule has 0 aromatic rings. The molecule has 0 radical (unpaired) electrons. The molecule has 14 heavy (non-hydrogen) atoms. The maximum Gasteiger partial charge on any atom is 0.309 e. The molecule has 2 unspecified atom stereocenters. The van der Waals surface area contributed by atoms with Crippen LogP contribution in [0.2, 0.25) is 0 Å². The zero-order valence-electron chi connectivity index (χ0n) is 8.87. The number of aliphatic carboxylic acids is 1. The molecule has 0 aromatic heterocycles. The summed E-state index contributed by atoms with van der Waals surface area (Å²) in [4.78, 5) is 10.8. The van der Waals surface area contributed by atoms with Crippen molar-refractivity contribution in [3.05, 3.63) is 0 Å². The fraction of sp³-hybridized carbons (Fsp3) is 0.909. The van der Waals surface area contributed by atoms with Crippen molar-refractivity contribution in [1.29, 1.82) is 0 Å². The third kappa shape index (κ3) is 3.29. The highest BCUT2D eigenvalue weighted by Crippen LogP contribution is 2.25. The van der Waals surface area contributed by atoms with E-state index in [1.807, 2.05) is 0 Å². The van der Waals surface area contributed by atoms with Gasteiger partial charge in [-0.25, -0.2) is 0 Å². The van der Waals surface area contributed by atoms with Gasteiger partial charge in [0.05, 0.1) is 12.0 Å². The van der Waals surface area contributed by atoms with Crippen LogP contribution in [-0.4, -0.2) is 23.8 Å². The quantitative estimate of drug-likeness (QED) is 0.670. The first-order valence-electron chi connectivity index (χ1n) is 5.60. The average Bonchev–Trinajstić information content (AvgIpc) is 2.60. The lowest BCUT2D eigenvalue weighted by atomic mass is 9.97. The Labute approximate surface area is 85.5 Å². The molecule has 3 heteroatoms. The van der Waals surface area contributed by atoms with Gasteiger partial charge in [0.25, 0.3) is 0 Å². The van der Waals surface area contributed by atoms with Crippen LogP contribution in [0.15, 0.2) is 0 Å². The number of carbonyl (C=O) groups is 1. The number of hydrogen-bond acceptors (Lipinski definition) is 2. The normalized spacial score (nSPS) is 26.6. The van der Waals surface area contributed by atoms with Crippen molar-refractivity contribution < 1.29 is 14.6 Å². The van der Waals surface area contributed by atoms with Gasteiger partial charge in [0.1, 0.15) is 0 Å². The summed E-state index contributed by atoms with van der Waals surface area (Å²) in [5.74, 6) is -0.945. The van der Waals surface area contributed by atoms with Crippen LogP contribution in [0.1, 0.15) is 45.4 Å². The van der Waals surface area contributed by atoms with Gasteiger partial charge < -0.3 is 9.84 Å². The number of rotatable bonds is 6. The molecule has 0 spiro atoms. The minimum Gasteiger partial charge on any atom is -0.481 e. The summed E-state index contributed by atoms with van der Waals surface area (Å²) in [6.07, 6.45) is 6.33. The smallest absolute Gasteiger partial charge is 0.309 e. The zero-order valence-corrected chi connectivity index (χ0v) is 8.87. The monoisotopic (exact) mass is 200 g/mol. The van der Waals surface area contributed by atoms with Gasteiger partial charge in [-0.3, -0.25) is 4.79 Å². The van der Waals surface area contributed by atoms with Crippen LogP contribution in [0.5, 0.6) is 0 Å². The van der Waals surface area contributed by atoms with E-state index in [9.17, 15) is 4.79 Å². The van der Waals surface area contributed by atoms with Crippen LogP contribution in [0.25, 0.3) is 0 Å². The van der Waals surface area contributed by atoms with Crippen molar-refractivity contribution in [1.82, 2.24) is 0 Å². The first kappa shape index (κ1) is 11.5. The molecule has 1 aliphatic rings. The number of ether oxygens (including phenoxy) is 1. The van der Waals surface area contributed by atoms with Gasteiger partial charge >= 0.3 is 5.97 Å². The summed E-state index contributed by atoms with van der Waals surface area (Å²) >= 11 is 0. The van der Waals surface area contributed by atoms with E-state index in [-0.39, 0.29) is 12.0 Å². The van der Waals surface area contributed by atoms with Crippen molar-refractivity contribution in [3.8, 4) is 0 Å². The Balaban J connectivity index is 2.19. The van der Waals surface area contributed by atoms with Gasteiger partial charge in [0.15, 0.2) is 0 Å². The molecule has 1 saturated heterocycles. The first-order valence-corrected chi connectivity index (χ1v) is 5.60. The lowest BCUT2D eigenvalue weighted by Crippen LogP contribution is -2.23. The van der Waals surface area contributed by atoms with Crippen LogP contribution < -0.4 is 0 Å². The van der Waals surface area contributed by atoms with Crippen LogP contribution in [-0.2, 0) is 9.53 Å². The molecule has 2 atom stereocenters. The predicted octanol–water partition coefficient (Wildman–Crippen LogP) is 2.45. The summed E-state index contributed by atoms with van der Waals surface area (Å²) < 4.78 is 5.43. The molecule has 0 aliphatic carbocycles. The Morgan fingerprint density at radius 2 is 2.21 bits per heavy atom. The zero-order chi connectivity index (χ0) is 10.4. The van der Waals surface area contributed by atoms with E-state index >= 15 is 0 Å². The van der Waals surface area contributed by atoms with Crippen molar-refractivity contribution >= 4 is 5.97 Å². The predicted molar refractivity (Wildman–Crippen MR) is 54.2 cm³/mol. The lowest BCUT2D eigenvalue weighted by Gasteiger charge is -2.14. The Hall–Kier alpha value is -0.570. The summed E-state index contributed by atoms with van der Waals surface area (Å²) in [6.45, 7) is 2.79. The SMILES string of the molecule is CCCCCCC1OCCC1C(=O)O. The van der Waals surface area contributed by atoms with E-state index in [4.69, 9.17) is 9.84 Å². The molecular formula is C11H20O3. The highest BCUT2D eigenvalue weighted by atomic mass is 16.5. The van der Waals surface area contributed by atoms with Gasteiger partial charge in [-0.15, -0.1) is 0 Å². The molecule has 3 nitrogen and oxygen atoms in total. The third-order valence-electron chi connectivity index (χ3n) is 2.87. The topological polar surface area (TPSA) is 46.5 Å². The molecule has 1 heterocycles. The van der Waals surface area contributed by atoms with E-state index in [1.54, 1.807) is 0 Å². The highest BCUT2D eigenvalue weighted by molar-refractivity contribution is 5.71. The summed E-state index contributed by atoms with van der Waals surface area (Å²) in [5, 5.41) is 8.91. The second kappa shape index (κ2) is 6.02. The van der Waals surface area contributed by atoms with E-state index in [0.29, 0.717) is 13.0 Å². The van der Waals surface area contributed by atoms with E-state index in [1.165, 1.54) is 19.3 Å². The molecular weight excluding hydrogens is 180 g/mol. The second-order valence-electron chi connectivity index (χ2n) is 3.99. The minimum atomic E-state index is -0.692. The van der Waals surface area contributed by atoms with Crippen molar-refractivity contribution in [2.45, 2.75) is 51.6 Å². The second-order valence-corrected chi connectivity index (χ2v) is 3.99. The summed E-state index contributed by atoms with van der Waals surface area (Å²) in [6, 6.07) is 0. The van der Waals surface area contributed by atoms with Crippen molar-refractivity contribution in [2.75, 3.05) is 6.61 Å². The van der Waals surface area contributed by atoms with Crippen LogP contribution in [0.3, 0.4) is 0 Å². The lowest BCUT2D eigenvalue weighted by molar-refractivity contribution is -0.143. The van der Waals surface area contributed by atoms with Gasteiger partial charge in [0.2, 0.25) is 0 Å². The molecule has 0 saturated carbocycles. The highest BCUT2D eigenvalue weighted by Gasteiger charge is 2.33. The van der Waals surface area contributed by atoms with Crippen LogP contribution >= 0.6 is 0 Å². The van der Waals surface area contributed by atoms with Gasteiger partial charge in [-0.05, 0) is 12.8 Å². The molecule has 1 aliphatic heterocycles. The molecule has 1 fully saturated rings. The maximum atomic E-state index is 10.8. The third-order valence-corrected chi connectivity index (χ3v) is 2.87. The Morgan fingerprint density at radius 3 is 2.86 bits per heavy atom. The Kier molecular flexibility index (Phi) is 4.94. The number of unbranched alkanes of at least 4 members (excludes halogenated alkanes) is 3.